The average Bonchev–Trinajstić information content (AvgIpc) is 2.89. The Balaban J connectivity index is 1.75. The van der Waals surface area contributed by atoms with Gasteiger partial charge in [-0.3, -0.25) is 0 Å². The number of morpholine rings is 1. The first-order valence-electron chi connectivity index (χ1n) is 6.54. The molecule has 0 aromatic carbocycles. The third kappa shape index (κ3) is 3.35. The second kappa shape index (κ2) is 6.04. The van der Waals surface area contributed by atoms with E-state index in [2.05, 4.69) is 5.32 Å². The number of hydrogen-bond donors (Lipinski definition) is 2. The van der Waals surface area contributed by atoms with Gasteiger partial charge < -0.3 is 20.1 Å². The first-order valence-corrected chi connectivity index (χ1v) is 6.54. The van der Waals surface area contributed by atoms with Crippen LogP contribution < -0.4 is 5.32 Å². The van der Waals surface area contributed by atoms with Gasteiger partial charge in [-0.2, -0.15) is 0 Å². The molecule has 1 aliphatic carbocycles. The summed E-state index contributed by atoms with van der Waals surface area (Å²) >= 11 is 0. The Bertz CT molecular complexity index is 315. The van der Waals surface area contributed by atoms with E-state index in [1.165, 1.54) is 30.6 Å². The number of carbonyl (C=O) groups excluding carboxylic acids is 1. The number of aliphatic carboxylic acids is 1. The zero-order valence-electron chi connectivity index (χ0n) is 10.4. The van der Waals surface area contributed by atoms with Gasteiger partial charge in [-0.05, 0) is 18.8 Å². The minimum atomic E-state index is -1.01. The fourth-order valence-electron chi connectivity index (χ4n) is 2.54. The van der Waals surface area contributed by atoms with E-state index in [1.807, 2.05) is 0 Å². The Morgan fingerprint density at radius 3 is 2.72 bits per heavy atom. The zero-order chi connectivity index (χ0) is 13.0. The van der Waals surface area contributed by atoms with Crippen molar-refractivity contribution >= 4 is 12.0 Å². The molecule has 0 bridgehead atoms. The number of amides is 2. The molecule has 1 heterocycles. The van der Waals surface area contributed by atoms with Crippen LogP contribution in [0.2, 0.25) is 0 Å². The van der Waals surface area contributed by atoms with Crippen LogP contribution in [-0.2, 0) is 9.53 Å². The van der Waals surface area contributed by atoms with Crippen LogP contribution >= 0.6 is 0 Å². The Morgan fingerprint density at radius 2 is 2.06 bits per heavy atom. The largest absolute Gasteiger partial charge is 0.479 e. The van der Waals surface area contributed by atoms with Crippen molar-refractivity contribution in [2.45, 2.75) is 31.8 Å². The van der Waals surface area contributed by atoms with Crippen LogP contribution in [0.3, 0.4) is 0 Å². The standard InChI is InChI=1S/C12H20N2O4/c15-11(16)10-8-14(5-6-18-10)12(17)13-7-9-3-1-2-4-9/h9-10H,1-8H2,(H,13,17)(H,15,16). The van der Waals surface area contributed by atoms with Crippen molar-refractivity contribution in [2.75, 3.05) is 26.2 Å². The van der Waals surface area contributed by atoms with Crippen LogP contribution in [0, 0.1) is 5.92 Å². The van der Waals surface area contributed by atoms with Crippen LogP contribution in [0.15, 0.2) is 0 Å². The van der Waals surface area contributed by atoms with Gasteiger partial charge in [0, 0.05) is 13.1 Å². The summed E-state index contributed by atoms with van der Waals surface area (Å²) in [6.45, 7) is 1.58. The Kier molecular flexibility index (Phi) is 4.41. The summed E-state index contributed by atoms with van der Waals surface area (Å²) in [5.41, 5.74) is 0. The number of rotatable bonds is 3. The highest BCUT2D eigenvalue weighted by molar-refractivity contribution is 5.77. The van der Waals surface area contributed by atoms with E-state index in [0.29, 0.717) is 19.0 Å². The maximum atomic E-state index is 11.9. The lowest BCUT2D eigenvalue weighted by Crippen LogP contribution is -2.52. The summed E-state index contributed by atoms with van der Waals surface area (Å²) in [4.78, 5) is 24.2. The topological polar surface area (TPSA) is 78.9 Å². The van der Waals surface area contributed by atoms with Crippen molar-refractivity contribution in [1.82, 2.24) is 10.2 Å². The first kappa shape index (κ1) is 13.1. The van der Waals surface area contributed by atoms with Crippen LogP contribution in [-0.4, -0.2) is 54.4 Å². The van der Waals surface area contributed by atoms with Crippen LogP contribution in [0.4, 0.5) is 4.79 Å². The van der Waals surface area contributed by atoms with Gasteiger partial charge in [-0.25, -0.2) is 9.59 Å². The van der Waals surface area contributed by atoms with E-state index in [9.17, 15) is 9.59 Å². The number of nitrogens with zero attached hydrogens (tertiary/aromatic N) is 1. The molecule has 2 fully saturated rings. The lowest BCUT2D eigenvalue weighted by Gasteiger charge is -2.31. The van der Waals surface area contributed by atoms with E-state index in [0.717, 1.165) is 0 Å². The number of hydrogen-bond acceptors (Lipinski definition) is 3. The molecule has 1 saturated heterocycles. The van der Waals surface area contributed by atoms with E-state index >= 15 is 0 Å². The monoisotopic (exact) mass is 256 g/mol. The number of carboxylic acids is 1. The highest BCUT2D eigenvalue weighted by Gasteiger charge is 2.29. The Morgan fingerprint density at radius 1 is 1.33 bits per heavy atom. The molecule has 2 rings (SSSR count). The summed E-state index contributed by atoms with van der Waals surface area (Å²) < 4.78 is 5.08. The van der Waals surface area contributed by atoms with Gasteiger partial charge in [-0.15, -0.1) is 0 Å². The van der Waals surface area contributed by atoms with Gasteiger partial charge in [0.05, 0.1) is 13.2 Å². The minimum Gasteiger partial charge on any atom is -0.479 e. The lowest BCUT2D eigenvalue weighted by atomic mass is 10.1. The zero-order valence-corrected chi connectivity index (χ0v) is 10.4. The molecule has 2 aliphatic rings. The van der Waals surface area contributed by atoms with Crippen LogP contribution in [0.5, 0.6) is 0 Å². The molecule has 2 N–H and O–H groups in total. The molecule has 18 heavy (non-hydrogen) atoms. The Labute approximate surface area is 106 Å². The van der Waals surface area contributed by atoms with E-state index in [1.54, 1.807) is 0 Å². The molecule has 2 amide bonds. The molecule has 0 aromatic heterocycles. The molecule has 1 saturated carbocycles. The van der Waals surface area contributed by atoms with Gasteiger partial charge in [0.15, 0.2) is 6.10 Å². The summed E-state index contributed by atoms with van der Waals surface area (Å²) in [6.07, 6.45) is 3.97. The molecule has 0 spiro atoms. The van der Waals surface area contributed by atoms with Crippen molar-refractivity contribution in [2.24, 2.45) is 5.92 Å². The van der Waals surface area contributed by atoms with Crippen LogP contribution in [0.25, 0.3) is 0 Å². The summed E-state index contributed by atoms with van der Waals surface area (Å²) in [7, 11) is 0. The first-order chi connectivity index (χ1) is 8.66. The average molecular weight is 256 g/mol. The van der Waals surface area contributed by atoms with E-state index in [-0.39, 0.29) is 19.2 Å². The third-order valence-corrected chi connectivity index (χ3v) is 3.65. The fraction of sp³-hybridized carbons (Fsp3) is 0.833. The fourth-order valence-corrected chi connectivity index (χ4v) is 2.54. The molecular weight excluding hydrogens is 236 g/mol. The number of carboxylic acid groups (broad SMARTS) is 1. The van der Waals surface area contributed by atoms with Gasteiger partial charge in [0.1, 0.15) is 0 Å². The predicted molar refractivity (Wildman–Crippen MR) is 64.3 cm³/mol. The maximum absolute atomic E-state index is 11.9. The number of ether oxygens (including phenoxy) is 1. The second-order valence-corrected chi connectivity index (χ2v) is 4.98. The van der Waals surface area contributed by atoms with E-state index in [4.69, 9.17) is 9.84 Å². The molecule has 6 heteroatoms. The highest BCUT2D eigenvalue weighted by Crippen LogP contribution is 2.23. The summed E-state index contributed by atoms with van der Waals surface area (Å²) in [6, 6.07) is -0.170. The second-order valence-electron chi connectivity index (χ2n) is 4.98. The van der Waals surface area contributed by atoms with Crippen molar-refractivity contribution in [1.29, 1.82) is 0 Å². The predicted octanol–water partition coefficient (Wildman–Crippen LogP) is 0.672. The van der Waals surface area contributed by atoms with Gasteiger partial charge in [0.25, 0.3) is 0 Å². The quantitative estimate of drug-likeness (QED) is 0.778. The minimum absolute atomic E-state index is 0.131. The molecule has 0 radical (unpaired) electrons. The number of carbonyl (C=O) groups is 2. The number of urea groups is 1. The van der Waals surface area contributed by atoms with Crippen molar-refractivity contribution in [3.05, 3.63) is 0 Å². The van der Waals surface area contributed by atoms with Gasteiger partial charge >= 0.3 is 12.0 Å². The summed E-state index contributed by atoms with van der Waals surface area (Å²) in [5, 5.41) is 11.7. The SMILES string of the molecule is O=C(O)C1CN(C(=O)NCC2CCCC2)CCO1. The molecule has 1 aliphatic heterocycles. The molecule has 1 unspecified atom stereocenters. The number of nitrogens with one attached hydrogen (secondary N) is 1. The highest BCUT2D eigenvalue weighted by atomic mass is 16.5. The Hall–Kier alpha value is -1.30. The van der Waals surface area contributed by atoms with Gasteiger partial charge in [-0.1, -0.05) is 12.8 Å². The van der Waals surface area contributed by atoms with Crippen LogP contribution in [0.1, 0.15) is 25.7 Å². The molecule has 1 atom stereocenters. The lowest BCUT2D eigenvalue weighted by molar-refractivity contribution is -0.154. The smallest absolute Gasteiger partial charge is 0.334 e. The molecule has 102 valence electrons. The maximum Gasteiger partial charge on any atom is 0.334 e. The van der Waals surface area contributed by atoms with Crippen molar-refractivity contribution in [3.63, 3.8) is 0 Å². The molecule has 0 aromatic rings. The summed E-state index contributed by atoms with van der Waals surface area (Å²) in [5.74, 6) is -0.423. The van der Waals surface area contributed by atoms with E-state index < -0.39 is 12.1 Å². The molecular formula is C12H20N2O4. The van der Waals surface area contributed by atoms with Gasteiger partial charge in [0.2, 0.25) is 0 Å². The van der Waals surface area contributed by atoms with Crippen molar-refractivity contribution < 1.29 is 19.4 Å². The third-order valence-electron chi connectivity index (χ3n) is 3.65. The molecule has 6 nitrogen and oxygen atoms in total. The van der Waals surface area contributed by atoms with Crippen molar-refractivity contribution in [3.8, 4) is 0 Å². The normalized spacial score (nSPS) is 25.1.